The summed E-state index contributed by atoms with van der Waals surface area (Å²) in [5.41, 5.74) is -0.0127. The van der Waals surface area contributed by atoms with Gasteiger partial charge in [-0.05, 0) is 12.1 Å². The first-order valence-electron chi connectivity index (χ1n) is 4.02. The maximum atomic E-state index is 10.8. The fraction of sp³-hybridized carbons (Fsp3) is 0.222. The van der Waals surface area contributed by atoms with Gasteiger partial charge in [-0.25, -0.2) is 4.79 Å². The molecule has 1 aliphatic heterocycles. The molecular weight excluding hydrogens is 188 g/mol. The van der Waals surface area contributed by atoms with Gasteiger partial charge in [-0.2, -0.15) is 0 Å². The van der Waals surface area contributed by atoms with E-state index in [1.807, 2.05) is 0 Å². The van der Waals surface area contributed by atoms with Crippen molar-refractivity contribution in [2.45, 2.75) is 6.29 Å². The summed E-state index contributed by atoms with van der Waals surface area (Å²) in [7, 11) is 0. The van der Waals surface area contributed by atoms with Gasteiger partial charge in [0.2, 0.25) is 6.29 Å². The van der Waals surface area contributed by atoms with Crippen LogP contribution in [0.5, 0.6) is 11.5 Å². The van der Waals surface area contributed by atoms with Gasteiger partial charge < -0.3 is 19.7 Å². The minimum Gasteiger partial charge on any atom is -0.483 e. The Morgan fingerprint density at radius 3 is 3.00 bits per heavy atom. The van der Waals surface area contributed by atoms with Crippen LogP contribution >= 0.6 is 0 Å². The Morgan fingerprint density at radius 2 is 2.29 bits per heavy atom. The minimum absolute atomic E-state index is 0.00999. The Hall–Kier alpha value is -1.75. The molecule has 0 bridgehead atoms. The highest BCUT2D eigenvalue weighted by atomic mass is 16.7. The van der Waals surface area contributed by atoms with Crippen molar-refractivity contribution in [3.63, 3.8) is 0 Å². The van der Waals surface area contributed by atoms with Crippen molar-refractivity contribution >= 4 is 5.97 Å². The predicted octanol–water partition coefficient (Wildman–Crippen LogP) is 0.474. The van der Waals surface area contributed by atoms with Crippen molar-refractivity contribution in [2.24, 2.45) is 0 Å². The third-order valence-electron chi connectivity index (χ3n) is 1.84. The predicted molar refractivity (Wildman–Crippen MR) is 45.5 cm³/mol. The third-order valence-corrected chi connectivity index (χ3v) is 1.84. The highest BCUT2D eigenvalue weighted by Crippen LogP contribution is 2.34. The Morgan fingerprint density at radius 1 is 1.50 bits per heavy atom. The van der Waals surface area contributed by atoms with Gasteiger partial charge in [0.1, 0.15) is 5.56 Å². The molecule has 1 heterocycles. The molecule has 0 aromatic heterocycles. The Balaban J connectivity index is 2.48. The van der Waals surface area contributed by atoms with Crippen molar-refractivity contribution in [1.29, 1.82) is 0 Å². The maximum Gasteiger partial charge on any atom is 0.339 e. The van der Waals surface area contributed by atoms with Crippen molar-refractivity contribution in [2.75, 3.05) is 6.61 Å². The summed E-state index contributed by atoms with van der Waals surface area (Å²) in [6.45, 7) is 0.00999. The van der Waals surface area contributed by atoms with Crippen LogP contribution in [0.1, 0.15) is 10.4 Å². The second-order valence-electron chi connectivity index (χ2n) is 2.82. The number of para-hydroxylation sites is 1. The number of ether oxygens (including phenoxy) is 2. The highest BCUT2D eigenvalue weighted by molar-refractivity contribution is 5.92. The summed E-state index contributed by atoms with van der Waals surface area (Å²) < 4.78 is 10.1. The number of aromatic carboxylic acids is 1. The van der Waals surface area contributed by atoms with Crippen LogP contribution in [0.3, 0.4) is 0 Å². The number of carboxylic acids is 1. The normalized spacial score (nSPS) is 19.1. The standard InChI is InChI=1S/C9H8O5/c10-7-4-13-6-3-1-2-5(9(11)12)8(6)14-7/h1-3,7,10H,4H2,(H,11,12). The second-order valence-corrected chi connectivity index (χ2v) is 2.82. The summed E-state index contributed by atoms with van der Waals surface area (Å²) in [6, 6.07) is 4.54. The topological polar surface area (TPSA) is 76.0 Å². The molecule has 5 nitrogen and oxygen atoms in total. The molecule has 0 aliphatic carbocycles. The van der Waals surface area contributed by atoms with Crippen LogP contribution in [0.15, 0.2) is 18.2 Å². The molecule has 0 spiro atoms. The number of aliphatic hydroxyl groups excluding tert-OH is 1. The molecule has 14 heavy (non-hydrogen) atoms. The molecule has 0 saturated carbocycles. The van der Waals surface area contributed by atoms with Crippen molar-refractivity contribution in [1.82, 2.24) is 0 Å². The van der Waals surface area contributed by atoms with Crippen LogP contribution in [0.25, 0.3) is 0 Å². The molecule has 1 unspecified atom stereocenters. The first-order chi connectivity index (χ1) is 6.68. The number of hydrogen-bond donors (Lipinski definition) is 2. The SMILES string of the molecule is O=C(O)c1cccc2c1OC(O)CO2. The Labute approximate surface area is 79.5 Å². The van der Waals surface area contributed by atoms with E-state index in [4.69, 9.17) is 19.7 Å². The maximum absolute atomic E-state index is 10.8. The van der Waals surface area contributed by atoms with E-state index < -0.39 is 12.3 Å². The lowest BCUT2D eigenvalue weighted by Crippen LogP contribution is -2.29. The Kier molecular flexibility index (Phi) is 2.01. The van der Waals surface area contributed by atoms with E-state index in [9.17, 15) is 4.79 Å². The van der Waals surface area contributed by atoms with Gasteiger partial charge in [0.25, 0.3) is 0 Å². The zero-order chi connectivity index (χ0) is 10.1. The summed E-state index contributed by atoms with van der Waals surface area (Å²) in [5, 5.41) is 17.9. The number of carbonyl (C=O) groups is 1. The molecule has 2 N–H and O–H groups in total. The number of hydrogen-bond acceptors (Lipinski definition) is 4. The highest BCUT2D eigenvalue weighted by Gasteiger charge is 2.24. The fourth-order valence-electron chi connectivity index (χ4n) is 1.25. The van der Waals surface area contributed by atoms with E-state index in [0.29, 0.717) is 5.75 Å². The summed E-state index contributed by atoms with van der Waals surface area (Å²) in [4.78, 5) is 10.8. The quantitative estimate of drug-likeness (QED) is 0.683. The zero-order valence-corrected chi connectivity index (χ0v) is 7.14. The van der Waals surface area contributed by atoms with Crippen LogP contribution in [0.2, 0.25) is 0 Å². The molecular formula is C9H8O5. The monoisotopic (exact) mass is 196 g/mol. The minimum atomic E-state index is -1.11. The van der Waals surface area contributed by atoms with Crippen molar-refractivity contribution in [3.05, 3.63) is 23.8 Å². The van der Waals surface area contributed by atoms with Crippen LogP contribution in [0.4, 0.5) is 0 Å². The van der Waals surface area contributed by atoms with Crippen molar-refractivity contribution in [3.8, 4) is 11.5 Å². The van der Waals surface area contributed by atoms with Gasteiger partial charge in [0.15, 0.2) is 18.1 Å². The first-order valence-corrected chi connectivity index (χ1v) is 4.02. The molecule has 0 radical (unpaired) electrons. The van der Waals surface area contributed by atoms with Crippen molar-refractivity contribution < 1.29 is 24.5 Å². The van der Waals surface area contributed by atoms with E-state index in [2.05, 4.69) is 0 Å². The van der Waals surface area contributed by atoms with E-state index in [-0.39, 0.29) is 17.9 Å². The van der Waals surface area contributed by atoms with E-state index >= 15 is 0 Å². The van der Waals surface area contributed by atoms with Gasteiger partial charge in [-0.15, -0.1) is 0 Å². The molecule has 0 fully saturated rings. The molecule has 2 rings (SSSR count). The summed E-state index contributed by atoms with van der Waals surface area (Å²) >= 11 is 0. The lowest BCUT2D eigenvalue weighted by Gasteiger charge is -2.23. The van der Waals surface area contributed by atoms with Crippen LogP contribution in [-0.4, -0.2) is 29.1 Å². The molecule has 0 saturated heterocycles. The van der Waals surface area contributed by atoms with Gasteiger partial charge >= 0.3 is 5.97 Å². The summed E-state index contributed by atoms with van der Waals surface area (Å²) in [5.74, 6) is -0.687. The number of fused-ring (bicyclic) bond motifs is 1. The molecule has 1 atom stereocenters. The van der Waals surface area contributed by atoms with E-state index in [1.54, 1.807) is 12.1 Å². The fourth-order valence-corrected chi connectivity index (χ4v) is 1.25. The Bertz CT molecular complexity index is 373. The van der Waals surface area contributed by atoms with Gasteiger partial charge in [-0.1, -0.05) is 6.07 Å². The van der Waals surface area contributed by atoms with E-state index in [1.165, 1.54) is 6.07 Å². The number of carboxylic acid groups (broad SMARTS) is 1. The van der Waals surface area contributed by atoms with Crippen LogP contribution < -0.4 is 9.47 Å². The lowest BCUT2D eigenvalue weighted by atomic mass is 10.2. The molecule has 1 aliphatic rings. The molecule has 0 amide bonds. The average Bonchev–Trinajstić information content (AvgIpc) is 2.16. The first kappa shape index (κ1) is 8.83. The number of benzene rings is 1. The molecule has 1 aromatic carbocycles. The van der Waals surface area contributed by atoms with E-state index in [0.717, 1.165) is 0 Å². The molecule has 5 heteroatoms. The zero-order valence-electron chi connectivity index (χ0n) is 7.14. The van der Waals surface area contributed by atoms with Gasteiger partial charge in [0.05, 0.1) is 0 Å². The molecule has 74 valence electrons. The molecule has 1 aromatic rings. The number of aliphatic hydroxyl groups is 1. The van der Waals surface area contributed by atoms with Crippen LogP contribution in [-0.2, 0) is 0 Å². The smallest absolute Gasteiger partial charge is 0.339 e. The second kappa shape index (κ2) is 3.19. The summed E-state index contributed by atoms with van der Waals surface area (Å²) in [6.07, 6.45) is -1.11. The third kappa shape index (κ3) is 1.38. The average molecular weight is 196 g/mol. The lowest BCUT2D eigenvalue weighted by molar-refractivity contribution is -0.0675. The van der Waals surface area contributed by atoms with Gasteiger partial charge in [-0.3, -0.25) is 0 Å². The van der Waals surface area contributed by atoms with Gasteiger partial charge in [0, 0.05) is 0 Å². The number of rotatable bonds is 1. The van der Waals surface area contributed by atoms with Crippen LogP contribution in [0, 0.1) is 0 Å². The largest absolute Gasteiger partial charge is 0.483 e.